The molecule has 0 saturated heterocycles. The standard InChI is InChI=1S/C22H28N2O2/c1-14-9-18-19(22(4,5)8-7-21(18,2)3)11-16(14)17-10-15(13-24-25)12-23-20(17)26-6/h9-13,25H,7-8H2,1-6H3/b24-13+. The topological polar surface area (TPSA) is 54.7 Å². The fourth-order valence-electron chi connectivity index (χ4n) is 3.97. The van der Waals surface area contributed by atoms with Gasteiger partial charge in [0.25, 0.3) is 0 Å². The molecular weight excluding hydrogens is 324 g/mol. The van der Waals surface area contributed by atoms with Crippen molar-refractivity contribution in [2.75, 3.05) is 7.11 Å². The van der Waals surface area contributed by atoms with Crippen LogP contribution in [0.3, 0.4) is 0 Å². The van der Waals surface area contributed by atoms with E-state index >= 15 is 0 Å². The van der Waals surface area contributed by atoms with Crippen LogP contribution in [-0.4, -0.2) is 23.5 Å². The van der Waals surface area contributed by atoms with Crippen LogP contribution in [0.1, 0.15) is 62.8 Å². The van der Waals surface area contributed by atoms with Gasteiger partial charge < -0.3 is 9.94 Å². The summed E-state index contributed by atoms with van der Waals surface area (Å²) in [5, 5.41) is 12.0. The van der Waals surface area contributed by atoms with Crippen molar-refractivity contribution < 1.29 is 9.94 Å². The van der Waals surface area contributed by atoms with Gasteiger partial charge in [-0.05, 0) is 65.0 Å². The van der Waals surface area contributed by atoms with Gasteiger partial charge in [0.2, 0.25) is 5.88 Å². The highest BCUT2D eigenvalue weighted by Crippen LogP contribution is 2.48. The lowest BCUT2D eigenvalue weighted by Crippen LogP contribution is -2.34. The number of hydrogen-bond donors (Lipinski definition) is 1. The van der Waals surface area contributed by atoms with Crippen LogP contribution in [0.5, 0.6) is 5.88 Å². The summed E-state index contributed by atoms with van der Waals surface area (Å²) in [7, 11) is 1.63. The normalized spacial score (nSPS) is 17.9. The molecule has 1 aromatic carbocycles. The van der Waals surface area contributed by atoms with E-state index in [0.29, 0.717) is 5.88 Å². The molecule has 2 aromatic rings. The van der Waals surface area contributed by atoms with Gasteiger partial charge in [0, 0.05) is 17.3 Å². The number of hydrogen-bond acceptors (Lipinski definition) is 4. The number of oxime groups is 1. The first-order chi connectivity index (χ1) is 12.2. The van der Waals surface area contributed by atoms with Gasteiger partial charge in [-0.1, -0.05) is 38.9 Å². The van der Waals surface area contributed by atoms with Crippen molar-refractivity contribution in [2.45, 2.75) is 58.3 Å². The summed E-state index contributed by atoms with van der Waals surface area (Å²) in [6.45, 7) is 11.5. The summed E-state index contributed by atoms with van der Waals surface area (Å²) in [5.74, 6) is 0.580. The molecule has 0 saturated carbocycles. The molecule has 1 N–H and O–H groups in total. The summed E-state index contributed by atoms with van der Waals surface area (Å²) in [4.78, 5) is 4.39. The monoisotopic (exact) mass is 352 g/mol. The van der Waals surface area contributed by atoms with E-state index < -0.39 is 0 Å². The Bertz CT molecular complexity index is 867. The van der Waals surface area contributed by atoms with E-state index in [1.807, 2.05) is 6.07 Å². The van der Waals surface area contributed by atoms with E-state index in [-0.39, 0.29) is 10.8 Å². The number of fused-ring (bicyclic) bond motifs is 1. The van der Waals surface area contributed by atoms with Crippen LogP contribution in [0, 0.1) is 6.92 Å². The molecule has 3 rings (SSSR count). The quantitative estimate of drug-likeness (QED) is 0.468. The summed E-state index contributed by atoms with van der Waals surface area (Å²) in [5.41, 5.74) is 7.14. The van der Waals surface area contributed by atoms with Crippen molar-refractivity contribution in [3.8, 4) is 17.0 Å². The maximum Gasteiger partial charge on any atom is 0.221 e. The van der Waals surface area contributed by atoms with Crippen molar-refractivity contribution in [2.24, 2.45) is 5.16 Å². The Morgan fingerprint density at radius 3 is 2.23 bits per heavy atom. The second kappa shape index (κ2) is 6.42. The third-order valence-electron chi connectivity index (χ3n) is 5.76. The molecular formula is C22H28N2O2. The summed E-state index contributed by atoms with van der Waals surface area (Å²) < 4.78 is 5.51. The van der Waals surface area contributed by atoms with Gasteiger partial charge in [-0.2, -0.15) is 0 Å². The van der Waals surface area contributed by atoms with Gasteiger partial charge in [-0.3, -0.25) is 0 Å². The Labute approximate surface area is 155 Å². The molecule has 1 heterocycles. The van der Waals surface area contributed by atoms with E-state index in [0.717, 1.165) is 16.7 Å². The molecule has 1 aliphatic rings. The number of nitrogens with zero attached hydrogens (tertiary/aromatic N) is 2. The largest absolute Gasteiger partial charge is 0.481 e. The second-order valence-corrected chi connectivity index (χ2v) is 8.55. The van der Waals surface area contributed by atoms with Crippen LogP contribution in [0.4, 0.5) is 0 Å². The zero-order chi connectivity index (χ0) is 19.1. The number of methoxy groups -OCH3 is 1. The van der Waals surface area contributed by atoms with Crippen LogP contribution < -0.4 is 4.74 Å². The fraction of sp³-hybridized carbons (Fsp3) is 0.455. The SMILES string of the molecule is COc1ncc(/C=N/O)cc1-c1cc2c(cc1C)C(C)(C)CCC2(C)C. The second-order valence-electron chi connectivity index (χ2n) is 8.55. The van der Waals surface area contributed by atoms with E-state index in [1.165, 1.54) is 35.7 Å². The number of benzene rings is 1. The molecule has 0 atom stereocenters. The summed E-state index contributed by atoms with van der Waals surface area (Å²) in [6.07, 6.45) is 5.39. The third-order valence-corrected chi connectivity index (χ3v) is 5.76. The molecule has 4 heteroatoms. The molecule has 0 amide bonds. The Balaban J connectivity index is 2.27. The molecule has 1 aliphatic carbocycles. The highest BCUT2D eigenvalue weighted by atomic mass is 16.5. The van der Waals surface area contributed by atoms with Gasteiger partial charge >= 0.3 is 0 Å². The van der Waals surface area contributed by atoms with Crippen LogP contribution in [0.2, 0.25) is 0 Å². The Morgan fingerprint density at radius 1 is 1.04 bits per heavy atom. The lowest BCUT2D eigenvalue weighted by molar-refractivity contribution is 0.322. The van der Waals surface area contributed by atoms with Crippen LogP contribution >= 0.6 is 0 Å². The Kier molecular flexibility index (Phi) is 4.55. The van der Waals surface area contributed by atoms with E-state index in [4.69, 9.17) is 9.94 Å². The molecule has 0 fully saturated rings. The maximum atomic E-state index is 8.86. The Hall–Kier alpha value is -2.36. The molecule has 26 heavy (non-hydrogen) atoms. The summed E-state index contributed by atoms with van der Waals surface area (Å²) in [6, 6.07) is 6.60. The summed E-state index contributed by atoms with van der Waals surface area (Å²) >= 11 is 0. The van der Waals surface area contributed by atoms with Crippen LogP contribution in [-0.2, 0) is 10.8 Å². The average molecular weight is 352 g/mol. The zero-order valence-electron chi connectivity index (χ0n) is 16.6. The van der Waals surface area contributed by atoms with E-state index in [1.54, 1.807) is 13.3 Å². The Morgan fingerprint density at radius 2 is 1.65 bits per heavy atom. The number of ether oxygens (including phenoxy) is 1. The molecule has 0 radical (unpaired) electrons. The first kappa shape index (κ1) is 18.4. The highest BCUT2D eigenvalue weighted by molar-refractivity contribution is 5.84. The molecule has 138 valence electrons. The minimum Gasteiger partial charge on any atom is -0.481 e. The number of aromatic nitrogens is 1. The zero-order valence-corrected chi connectivity index (χ0v) is 16.6. The minimum absolute atomic E-state index is 0.137. The molecule has 0 spiro atoms. The number of aryl methyl sites for hydroxylation is 1. The lowest BCUT2D eigenvalue weighted by Gasteiger charge is -2.42. The molecule has 0 unspecified atom stereocenters. The van der Waals surface area contributed by atoms with Crippen molar-refractivity contribution in [1.29, 1.82) is 0 Å². The highest BCUT2D eigenvalue weighted by Gasteiger charge is 2.37. The van der Waals surface area contributed by atoms with Gasteiger partial charge in [-0.15, -0.1) is 0 Å². The number of rotatable bonds is 3. The van der Waals surface area contributed by atoms with Crippen molar-refractivity contribution in [3.05, 3.63) is 46.6 Å². The molecule has 0 aliphatic heterocycles. The van der Waals surface area contributed by atoms with Crippen molar-refractivity contribution >= 4 is 6.21 Å². The molecule has 0 bridgehead atoms. The predicted octanol–water partition coefficient (Wildman–Crippen LogP) is 5.22. The average Bonchev–Trinajstić information content (AvgIpc) is 2.59. The van der Waals surface area contributed by atoms with E-state index in [9.17, 15) is 0 Å². The van der Waals surface area contributed by atoms with Gasteiger partial charge in [0.1, 0.15) is 0 Å². The van der Waals surface area contributed by atoms with E-state index in [2.05, 4.69) is 56.9 Å². The van der Waals surface area contributed by atoms with Gasteiger partial charge in [-0.25, -0.2) is 4.98 Å². The minimum atomic E-state index is 0.137. The van der Waals surface area contributed by atoms with Crippen molar-refractivity contribution in [3.63, 3.8) is 0 Å². The molecule has 4 nitrogen and oxygen atoms in total. The first-order valence-corrected chi connectivity index (χ1v) is 9.07. The first-order valence-electron chi connectivity index (χ1n) is 9.07. The number of pyridine rings is 1. The molecule has 1 aromatic heterocycles. The predicted molar refractivity (Wildman–Crippen MR) is 106 cm³/mol. The van der Waals surface area contributed by atoms with Crippen LogP contribution in [0.25, 0.3) is 11.1 Å². The smallest absolute Gasteiger partial charge is 0.221 e. The fourth-order valence-corrected chi connectivity index (χ4v) is 3.97. The van der Waals surface area contributed by atoms with Crippen LogP contribution in [0.15, 0.2) is 29.6 Å². The van der Waals surface area contributed by atoms with Crippen molar-refractivity contribution in [1.82, 2.24) is 4.98 Å². The lowest BCUT2D eigenvalue weighted by atomic mass is 9.62. The van der Waals surface area contributed by atoms with Gasteiger partial charge in [0.15, 0.2) is 0 Å². The third kappa shape index (κ3) is 3.09. The maximum absolute atomic E-state index is 8.86. The van der Waals surface area contributed by atoms with Gasteiger partial charge in [0.05, 0.1) is 13.3 Å².